The summed E-state index contributed by atoms with van der Waals surface area (Å²) in [5, 5.41) is 31.8. The molecule has 6 N–H and O–H groups in total. The molecule has 48 heavy (non-hydrogen) atoms. The van der Waals surface area contributed by atoms with Crippen molar-refractivity contribution >= 4 is 29.6 Å². The Morgan fingerprint density at radius 3 is 1.71 bits per heavy atom. The highest BCUT2D eigenvalue weighted by atomic mass is 16.4. The van der Waals surface area contributed by atoms with E-state index in [1.807, 2.05) is 81.4 Å². The maximum absolute atomic E-state index is 13.6. The number of carboxylic acids is 1. The number of hydrogen-bond donors (Lipinski definition) is 6. The third-order valence-corrected chi connectivity index (χ3v) is 8.51. The van der Waals surface area contributed by atoms with Gasteiger partial charge in [-0.3, -0.25) is 19.2 Å². The van der Waals surface area contributed by atoms with Crippen LogP contribution in [0, 0.1) is 17.8 Å². The lowest BCUT2D eigenvalue weighted by Gasteiger charge is -2.30. The van der Waals surface area contributed by atoms with E-state index in [-0.39, 0.29) is 36.5 Å². The van der Waals surface area contributed by atoms with E-state index >= 15 is 0 Å². The molecule has 4 amide bonds. The number of carbonyl (C=O) groups is 5. The number of aliphatic hydroxyl groups excluding tert-OH is 1. The molecule has 0 radical (unpaired) electrons. The number of aryl methyl sites for hydroxylation is 1. The molecule has 0 saturated heterocycles. The lowest BCUT2D eigenvalue weighted by Crippen LogP contribution is -2.57. The molecule has 2 rings (SSSR count). The molecule has 264 valence electrons. The van der Waals surface area contributed by atoms with Crippen LogP contribution in [0.1, 0.15) is 78.4 Å². The largest absolute Gasteiger partial charge is 0.480 e. The Labute approximate surface area is 284 Å². The second-order valence-electron chi connectivity index (χ2n) is 13.2. The average molecular weight is 667 g/mol. The Kier molecular flexibility index (Phi) is 16.8. The maximum atomic E-state index is 13.6. The second-order valence-corrected chi connectivity index (χ2v) is 13.2. The second kappa shape index (κ2) is 20.2. The third-order valence-electron chi connectivity index (χ3n) is 8.51. The predicted molar refractivity (Wildman–Crippen MR) is 185 cm³/mol. The van der Waals surface area contributed by atoms with Gasteiger partial charge >= 0.3 is 5.97 Å². The summed E-state index contributed by atoms with van der Waals surface area (Å²) >= 11 is 0. The van der Waals surface area contributed by atoms with Crippen LogP contribution in [0.5, 0.6) is 0 Å². The summed E-state index contributed by atoms with van der Waals surface area (Å²) in [7, 11) is 0. The minimum Gasteiger partial charge on any atom is -0.480 e. The smallest absolute Gasteiger partial charge is 0.326 e. The highest BCUT2D eigenvalue weighted by Crippen LogP contribution is 2.14. The minimum atomic E-state index is -1.34. The number of carboxylic acid groups (broad SMARTS) is 1. The van der Waals surface area contributed by atoms with Crippen LogP contribution in [0.3, 0.4) is 0 Å². The van der Waals surface area contributed by atoms with Gasteiger partial charge < -0.3 is 31.5 Å². The number of nitrogens with one attached hydrogen (secondary N) is 4. The Hall–Kier alpha value is -4.25. The van der Waals surface area contributed by atoms with Gasteiger partial charge in [0.15, 0.2) is 0 Å². The predicted octanol–water partition coefficient (Wildman–Crippen LogP) is 3.38. The van der Waals surface area contributed by atoms with Crippen molar-refractivity contribution in [3.63, 3.8) is 0 Å². The van der Waals surface area contributed by atoms with Crippen molar-refractivity contribution in [3.8, 4) is 0 Å². The van der Waals surface area contributed by atoms with Crippen LogP contribution in [0.2, 0.25) is 0 Å². The summed E-state index contributed by atoms with van der Waals surface area (Å²) in [4.78, 5) is 64.4. The molecule has 0 spiro atoms. The first-order valence-corrected chi connectivity index (χ1v) is 16.9. The highest BCUT2D eigenvalue weighted by Gasteiger charge is 2.33. The number of hydrogen-bond acceptors (Lipinski definition) is 6. The molecule has 2 aromatic carbocycles. The number of benzene rings is 2. The van der Waals surface area contributed by atoms with Gasteiger partial charge in [-0.15, -0.1) is 0 Å². The van der Waals surface area contributed by atoms with Crippen molar-refractivity contribution in [2.24, 2.45) is 17.8 Å². The van der Waals surface area contributed by atoms with Crippen molar-refractivity contribution < 1.29 is 34.2 Å². The Balaban J connectivity index is 2.14. The molecule has 0 bridgehead atoms. The van der Waals surface area contributed by atoms with Gasteiger partial charge in [-0.25, -0.2) is 4.79 Å². The number of rotatable bonds is 20. The first-order valence-electron chi connectivity index (χ1n) is 16.9. The molecule has 0 aliphatic rings. The number of aliphatic hydroxyl groups is 1. The summed E-state index contributed by atoms with van der Waals surface area (Å²) in [6.45, 7) is 10.6. The zero-order valence-corrected chi connectivity index (χ0v) is 29.1. The fourth-order valence-corrected chi connectivity index (χ4v) is 5.33. The van der Waals surface area contributed by atoms with E-state index < -0.39 is 60.4 Å². The van der Waals surface area contributed by atoms with Crippen LogP contribution in [0.4, 0.5) is 0 Å². The van der Waals surface area contributed by atoms with E-state index in [0.29, 0.717) is 12.8 Å². The summed E-state index contributed by atoms with van der Waals surface area (Å²) in [6, 6.07) is 15.1. The molecule has 2 unspecified atom stereocenters. The fourth-order valence-electron chi connectivity index (χ4n) is 5.33. The van der Waals surface area contributed by atoms with Gasteiger partial charge in [-0.05, 0) is 48.1 Å². The zero-order valence-electron chi connectivity index (χ0n) is 29.1. The third kappa shape index (κ3) is 13.5. The average Bonchev–Trinajstić information content (AvgIpc) is 3.04. The first kappa shape index (κ1) is 39.9. The molecule has 0 aliphatic carbocycles. The van der Waals surface area contributed by atoms with Crippen molar-refractivity contribution in [2.45, 2.75) is 110 Å². The SMILES string of the molecule is CC[C@H](C)[C@H](NC(=O)C[C@H](O)[C@H](Cc1ccccc1)NC(=O)C(NC(=O)CCCc1ccccc1)C(C)C)C(=O)NC(C(=O)O)C(C)C. The Morgan fingerprint density at radius 2 is 1.19 bits per heavy atom. The topological polar surface area (TPSA) is 174 Å². The molecule has 2 aromatic rings. The molecule has 0 aromatic heterocycles. The molecule has 6 atom stereocenters. The lowest BCUT2D eigenvalue weighted by molar-refractivity contribution is -0.143. The maximum Gasteiger partial charge on any atom is 0.326 e. The van der Waals surface area contributed by atoms with Gasteiger partial charge in [-0.2, -0.15) is 0 Å². The van der Waals surface area contributed by atoms with E-state index in [1.54, 1.807) is 20.8 Å². The molecule has 0 saturated carbocycles. The minimum absolute atomic E-state index is 0.209. The van der Waals surface area contributed by atoms with Crippen molar-refractivity contribution in [2.75, 3.05) is 0 Å². The molecular weight excluding hydrogens is 612 g/mol. The van der Waals surface area contributed by atoms with Gasteiger partial charge in [0.2, 0.25) is 23.6 Å². The van der Waals surface area contributed by atoms with Crippen LogP contribution in [-0.4, -0.2) is 70.1 Å². The number of carbonyl (C=O) groups excluding carboxylic acids is 4. The van der Waals surface area contributed by atoms with Crippen molar-refractivity contribution in [3.05, 3.63) is 71.8 Å². The van der Waals surface area contributed by atoms with Crippen molar-refractivity contribution in [1.82, 2.24) is 21.3 Å². The van der Waals surface area contributed by atoms with Crippen LogP contribution in [0.25, 0.3) is 0 Å². The molecule has 0 heterocycles. The summed E-state index contributed by atoms with van der Waals surface area (Å²) < 4.78 is 0. The van der Waals surface area contributed by atoms with Crippen molar-refractivity contribution in [1.29, 1.82) is 0 Å². The molecule has 11 heteroatoms. The van der Waals surface area contributed by atoms with Gasteiger partial charge in [0.05, 0.1) is 18.6 Å². The first-order chi connectivity index (χ1) is 22.7. The molecule has 11 nitrogen and oxygen atoms in total. The van der Waals surface area contributed by atoms with Gasteiger partial charge in [0.25, 0.3) is 0 Å². The van der Waals surface area contributed by atoms with Gasteiger partial charge in [0, 0.05) is 6.42 Å². The fraction of sp³-hybridized carbons (Fsp3) is 0.541. The Bertz CT molecular complexity index is 1320. The lowest BCUT2D eigenvalue weighted by atomic mass is 9.95. The molecule has 0 aliphatic heterocycles. The zero-order chi connectivity index (χ0) is 35.8. The van der Waals surface area contributed by atoms with E-state index in [0.717, 1.165) is 17.5 Å². The van der Waals surface area contributed by atoms with Crippen LogP contribution in [-0.2, 0) is 36.8 Å². The number of amides is 4. The van der Waals surface area contributed by atoms with Gasteiger partial charge in [0.1, 0.15) is 18.1 Å². The van der Waals surface area contributed by atoms with Gasteiger partial charge in [-0.1, -0.05) is 109 Å². The quantitative estimate of drug-likeness (QED) is 0.126. The van der Waals surface area contributed by atoms with E-state index in [2.05, 4.69) is 21.3 Å². The standard InChI is InChI=1S/C37H54N4O7/c1-7-25(6)34(36(46)41-33(24(4)5)37(47)48)40-31(44)22-29(42)28(21-27-17-12-9-13-18-27)38-35(45)32(23(2)3)39-30(43)20-14-19-26-15-10-8-11-16-26/h8-13,15-18,23-25,28-29,32-34,42H,7,14,19-22H2,1-6H3,(H,38,45)(H,39,43)(H,40,44)(H,41,46)(H,47,48)/t25-,28-,29-,32?,33?,34-/m0/s1. The number of aliphatic carboxylic acids is 1. The monoisotopic (exact) mass is 666 g/mol. The van der Waals surface area contributed by atoms with Crippen LogP contribution < -0.4 is 21.3 Å². The summed E-state index contributed by atoms with van der Waals surface area (Å²) in [5.74, 6) is -4.11. The van der Waals surface area contributed by atoms with E-state index in [4.69, 9.17) is 0 Å². The van der Waals surface area contributed by atoms with Crippen LogP contribution in [0.15, 0.2) is 60.7 Å². The van der Waals surface area contributed by atoms with E-state index in [1.165, 1.54) is 0 Å². The van der Waals surface area contributed by atoms with Crippen LogP contribution >= 0.6 is 0 Å². The van der Waals surface area contributed by atoms with E-state index in [9.17, 15) is 34.2 Å². The highest BCUT2D eigenvalue weighted by molar-refractivity contribution is 5.91. The summed E-state index contributed by atoms with van der Waals surface area (Å²) in [6.07, 6.45) is 0.572. The normalized spacial score (nSPS) is 15.0. The Morgan fingerprint density at radius 1 is 0.667 bits per heavy atom. The molecular formula is C37H54N4O7. The molecule has 0 fully saturated rings. The summed E-state index contributed by atoms with van der Waals surface area (Å²) in [5.41, 5.74) is 1.94.